The molecule has 1 aromatic carbocycles. The summed E-state index contributed by atoms with van der Waals surface area (Å²) in [4.78, 5) is 0. The monoisotopic (exact) mass is 313 g/mol. The van der Waals surface area contributed by atoms with E-state index in [1.807, 2.05) is 12.1 Å². The van der Waals surface area contributed by atoms with E-state index in [1.165, 1.54) is 6.42 Å². The summed E-state index contributed by atoms with van der Waals surface area (Å²) >= 11 is 6.32. The summed E-state index contributed by atoms with van der Waals surface area (Å²) in [6.07, 6.45) is 3.37. The third-order valence-corrected chi connectivity index (χ3v) is 3.81. The minimum atomic E-state index is 0.296. The Morgan fingerprint density at radius 2 is 1.86 bits per heavy atom. The van der Waals surface area contributed by atoms with E-state index in [9.17, 15) is 0 Å². The number of hydrogen-bond donors (Lipinski definition) is 1. The summed E-state index contributed by atoms with van der Waals surface area (Å²) in [6, 6.07) is 4.30. The Kier molecular flexibility index (Phi) is 7.91. The highest BCUT2D eigenvalue weighted by Crippen LogP contribution is 2.38. The van der Waals surface area contributed by atoms with E-state index in [1.54, 1.807) is 14.2 Å². The molecule has 0 amide bonds. The third kappa shape index (κ3) is 5.40. The summed E-state index contributed by atoms with van der Waals surface area (Å²) in [5.41, 5.74) is 1.16. The summed E-state index contributed by atoms with van der Waals surface area (Å²) in [5.74, 6) is 1.97. The third-order valence-electron chi connectivity index (χ3n) is 3.53. The van der Waals surface area contributed by atoms with Crippen molar-refractivity contribution in [1.29, 1.82) is 0 Å². The SMILES string of the molecule is CCCNC(CCC(C)C)c1cc(Cl)c(OC)c(OC)c1. The predicted octanol–water partition coefficient (Wildman–Crippen LogP) is 4.83. The first-order chi connectivity index (χ1) is 10.0. The smallest absolute Gasteiger partial charge is 0.179 e. The first-order valence-corrected chi connectivity index (χ1v) is 8.06. The van der Waals surface area contributed by atoms with Gasteiger partial charge in [0.2, 0.25) is 0 Å². The molecule has 0 aromatic heterocycles. The summed E-state index contributed by atoms with van der Waals surface area (Å²) < 4.78 is 10.7. The molecule has 4 heteroatoms. The van der Waals surface area contributed by atoms with Gasteiger partial charge in [0.25, 0.3) is 0 Å². The maximum atomic E-state index is 6.32. The lowest BCUT2D eigenvalue weighted by Gasteiger charge is -2.22. The second-order valence-corrected chi connectivity index (χ2v) is 6.12. The van der Waals surface area contributed by atoms with E-state index in [4.69, 9.17) is 21.1 Å². The number of ether oxygens (including phenoxy) is 2. The van der Waals surface area contributed by atoms with Crippen molar-refractivity contribution < 1.29 is 9.47 Å². The molecule has 21 heavy (non-hydrogen) atoms. The summed E-state index contributed by atoms with van der Waals surface area (Å²) in [7, 11) is 3.25. The maximum Gasteiger partial charge on any atom is 0.179 e. The van der Waals surface area contributed by atoms with Gasteiger partial charge in [-0.05, 0) is 49.4 Å². The van der Waals surface area contributed by atoms with E-state index >= 15 is 0 Å². The molecule has 1 rings (SSSR count). The molecule has 120 valence electrons. The lowest BCUT2D eigenvalue weighted by molar-refractivity contribution is 0.353. The van der Waals surface area contributed by atoms with Gasteiger partial charge >= 0.3 is 0 Å². The van der Waals surface area contributed by atoms with Crippen molar-refractivity contribution in [2.24, 2.45) is 5.92 Å². The Bertz CT molecular complexity index is 435. The van der Waals surface area contributed by atoms with Crippen molar-refractivity contribution in [1.82, 2.24) is 5.32 Å². The molecule has 0 radical (unpaired) electrons. The van der Waals surface area contributed by atoms with Crippen LogP contribution in [-0.4, -0.2) is 20.8 Å². The number of hydrogen-bond acceptors (Lipinski definition) is 3. The molecular weight excluding hydrogens is 286 g/mol. The van der Waals surface area contributed by atoms with E-state index < -0.39 is 0 Å². The zero-order chi connectivity index (χ0) is 15.8. The van der Waals surface area contributed by atoms with Crippen LogP contribution in [0.5, 0.6) is 11.5 Å². The van der Waals surface area contributed by atoms with E-state index in [0.717, 1.165) is 24.9 Å². The van der Waals surface area contributed by atoms with Crippen LogP contribution in [0.4, 0.5) is 0 Å². The molecule has 0 saturated heterocycles. The number of halogens is 1. The molecule has 3 nitrogen and oxygen atoms in total. The normalized spacial score (nSPS) is 12.5. The van der Waals surface area contributed by atoms with Crippen LogP contribution in [0.3, 0.4) is 0 Å². The van der Waals surface area contributed by atoms with Crippen molar-refractivity contribution in [3.05, 3.63) is 22.7 Å². The molecule has 0 bridgehead atoms. The number of nitrogens with one attached hydrogen (secondary N) is 1. The molecule has 0 saturated carbocycles. The van der Waals surface area contributed by atoms with Crippen molar-refractivity contribution in [2.45, 2.75) is 46.1 Å². The van der Waals surface area contributed by atoms with E-state index in [2.05, 4.69) is 26.1 Å². The van der Waals surface area contributed by atoms with Crippen LogP contribution in [0.15, 0.2) is 12.1 Å². The van der Waals surface area contributed by atoms with Crippen LogP contribution in [0, 0.1) is 5.92 Å². The molecule has 0 heterocycles. The fourth-order valence-electron chi connectivity index (χ4n) is 2.34. The van der Waals surface area contributed by atoms with Gasteiger partial charge in [0, 0.05) is 6.04 Å². The second kappa shape index (κ2) is 9.16. The number of rotatable bonds is 9. The van der Waals surface area contributed by atoms with Crippen LogP contribution in [-0.2, 0) is 0 Å². The Morgan fingerprint density at radius 3 is 2.38 bits per heavy atom. The highest BCUT2D eigenvalue weighted by atomic mass is 35.5. The van der Waals surface area contributed by atoms with E-state index in [-0.39, 0.29) is 0 Å². The van der Waals surface area contributed by atoms with Gasteiger partial charge in [0.15, 0.2) is 11.5 Å². The number of methoxy groups -OCH3 is 2. The van der Waals surface area contributed by atoms with E-state index in [0.29, 0.717) is 28.5 Å². The Labute approximate surface area is 134 Å². The van der Waals surface area contributed by atoms with Crippen molar-refractivity contribution in [3.8, 4) is 11.5 Å². The highest BCUT2D eigenvalue weighted by Gasteiger charge is 2.17. The average Bonchev–Trinajstić information content (AvgIpc) is 2.46. The molecular formula is C17H28ClNO2. The Morgan fingerprint density at radius 1 is 1.14 bits per heavy atom. The molecule has 1 N–H and O–H groups in total. The fourth-order valence-corrected chi connectivity index (χ4v) is 2.64. The van der Waals surface area contributed by atoms with Gasteiger partial charge < -0.3 is 14.8 Å². The first kappa shape index (κ1) is 18.1. The van der Waals surface area contributed by atoms with Crippen molar-refractivity contribution in [3.63, 3.8) is 0 Å². The zero-order valence-electron chi connectivity index (χ0n) is 13.8. The Hall–Kier alpha value is -0.930. The highest BCUT2D eigenvalue weighted by molar-refractivity contribution is 6.32. The van der Waals surface area contributed by atoms with Gasteiger partial charge in [-0.25, -0.2) is 0 Å². The van der Waals surface area contributed by atoms with Crippen LogP contribution in [0.2, 0.25) is 5.02 Å². The molecule has 0 spiro atoms. The predicted molar refractivity (Wildman–Crippen MR) is 89.7 cm³/mol. The molecule has 0 aliphatic heterocycles. The van der Waals surface area contributed by atoms with Gasteiger partial charge in [0.1, 0.15) is 0 Å². The van der Waals surface area contributed by atoms with Crippen molar-refractivity contribution >= 4 is 11.6 Å². The van der Waals surface area contributed by atoms with Gasteiger partial charge in [-0.1, -0.05) is 32.4 Å². The molecule has 0 aliphatic carbocycles. The second-order valence-electron chi connectivity index (χ2n) is 5.72. The lowest BCUT2D eigenvalue weighted by atomic mass is 9.97. The topological polar surface area (TPSA) is 30.5 Å². The summed E-state index contributed by atoms with van der Waals surface area (Å²) in [6.45, 7) is 7.67. The van der Waals surface area contributed by atoms with Crippen LogP contribution in [0.25, 0.3) is 0 Å². The van der Waals surface area contributed by atoms with Gasteiger partial charge in [-0.2, -0.15) is 0 Å². The molecule has 0 fully saturated rings. The van der Waals surface area contributed by atoms with Crippen molar-refractivity contribution in [2.75, 3.05) is 20.8 Å². The Balaban J connectivity index is 3.02. The molecule has 1 unspecified atom stereocenters. The quantitative estimate of drug-likeness (QED) is 0.708. The van der Waals surface area contributed by atoms with Crippen LogP contribution in [0.1, 0.15) is 51.6 Å². The fraction of sp³-hybridized carbons (Fsp3) is 0.647. The zero-order valence-corrected chi connectivity index (χ0v) is 14.6. The molecule has 0 aliphatic rings. The molecule has 1 atom stereocenters. The molecule has 1 aromatic rings. The van der Waals surface area contributed by atoms with Gasteiger partial charge in [-0.15, -0.1) is 0 Å². The van der Waals surface area contributed by atoms with Crippen LogP contribution < -0.4 is 14.8 Å². The first-order valence-electron chi connectivity index (χ1n) is 7.68. The minimum Gasteiger partial charge on any atom is -0.493 e. The average molecular weight is 314 g/mol. The number of benzene rings is 1. The minimum absolute atomic E-state index is 0.296. The van der Waals surface area contributed by atoms with Gasteiger partial charge in [-0.3, -0.25) is 0 Å². The largest absolute Gasteiger partial charge is 0.493 e. The summed E-state index contributed by atoms with van der Waals surface area (Å²) in [5, 5.41) is 4.20. The maximum absolute atomic E-state index is 6.32. The van der Waals surface area contributed by atoms with Crippen LogP contribution >= 0.6 is 11.6 Å². The van der Waals surface area contributed by atoms with Gasteiger partial charge in [0.05, 0.1) is 19.2 Å². The standard InChI is InChI=1S/C17H28ClNO2/c1-6-9-19-15(8-7-12(2)3)13-10-14(18)17(21-5)16(11-13)20-4/h10-12,15,19H,6-9H2,1-5H3. The lowest BCUT2D eigenvalue weighted by Crippen LogP contribution is -2.22.